The van der Waals surface area contributed by atoms with Gasteiger partial charge in [0.05, 0.1) is 26.3 Å². The number of phenols is 2. The lowest BCUT2D eigenvalue weighted by Gasteiger charge is -2.30. The maximum absolute atomic E-state index is 12.8. The van der Waals surface area contributed by atoms with Gasteiger partial charge in [0, 0.05) is 12.6 Å². The predicted octanol–water partition coefficient (Wildman–Crippen LogP) is 2.64. The topological polar surface area (TPSA) is 79.2 Å². The van der Waals surface area contributed by atoms with Crippen molar-refractivity contribution in [1.29, 1.82) is 0 Å². The Hall–Kier alpha value is -2.89. The fraction of sp³-hybridized carbons (Fsp3) is 0.316. The van der Waals surface area contributed by atoms with Crippen LogP contribution in [0.5, 0.6) is 23.0 Å². The number of aryl methyl sites for hydroxylation is 1. The molecular formula is C19H21NO5. The van der Waals surface area contributed by atoms with E-state index in [1.165, 1.54) is 14.2 Å². The van der Waals surface area contributed by atoms with Crippen LogP contribution in [0.2, 0.25) is 0 Å². The van der Waals surface area contributed by atoms with E-state index in [4.69, 9.17) is 9.47 Å². The molecule has 6 heteroatoms. The molecular weight excluding hydrogens is 322 g/mol. The highest BCUT2D eigenvalue weighted by molar-refractivity contribution is 5.96. The van der Waals surface area contributed by atoms with Crippen molar-refractivity contribution in [2.45, 2.75) is 19.3 Å². The number of benzene rings is 2. The lowest BCUT2D eigenvalue weighted by atomic mass is 10.00. The summed E-state index contributed by atoms with van der Waals surface area (Å²) in [6.07, 6.45) is 1.80. The van der Waals surface area contributed by atoms with Crippen molar-refractivity contribution in [3.8, 4) is 23.0 Å². The predicted molar refractivity (Wildman–Crippen MR) is 93.7 cm³/mol. The van der Waals surface area contributed by atoms with Crippen molar-refractivity contribution >= 4 is 11.6 Å². The van der Waals surface area contributed by atoms with Crippen LogP contribution >= 0.6 is 0 Å². The molecule has 0 radical (unpaired) electrons. The molecule has 0 aliphatic carbocycles. The van der Waals surface area contributed by atoms with E-state index in [9.17, 15) is 15.0 Å². The van der Waals surface area contributed by atoms with Crippen LogP contribution in [0.25, 0.3) is 0 Å². The number of carbonyl (C=O) groups is 1. The van der Waals surface area contributed by atoms with Gasteiger partial charge in [-0.05, 0) is 42.2 Å². The van der Waals surface area contributed by atoms with E-state index >= 15 is 0 Å². The molecule has 1 aliphatic heterocycles. The second-order valence-electron chi connectivity index (χ2n) is 5.98. The van der Waals surface area contributed by atoms with Crippen LogP contribution in [0.4, 0.5) is 5.69 Å². The summed E-state index contributed by atoms with van der Waals surface area (Å²) in [5, 5.41) is 19.8. The smallest absolute Gasteiger partial charge is 0.231 e. The molecule has 0 unspecified atom stereocenters. The van der Waals surface area contributed by atoms with E-state index in [0.717, 1.165) is 24.1 Å². The zero-order chi connectivity index (χ0) is 18.0. The summed E-state index contributed by atoms with van der Waals surface area (Å²) in [7, 11) is 2.96. The second-order valence-corrected chi connectivity index (χ2v) is 5.98. The molecule has 0 saturated carbocycles. The molecule has 0 saturated heterocycles. The Balaban J connectivity index is 1.85. The molecule has 3 rings (SSSR count). The van der Waals surface area contributed by atoms with Gasteiger partial charge < -0.3 is 24.6 Å². The van der Waals surface area contributed by atoms with Gasteiger partial charge in [0.2, 0.25) is 5.91 Å². The zero-order valence-corrected chi connectivity index (χ0v) is 14.3. The van der Waals surface area contributed by atoms with Gasteiger partial charge in [-0.25, -0.2) is 0 Å². The van der Waals surface area contributed by atoms with Gasteiger partial charge in [-0.15, -0.1) is 0 Å². The number of methoxy groups -OCH3 is 2. The third kappa shape index (κ3) is 3.33. The summed E-state index contributed by atoms with van der Waals surface area (Å²) < 4.78 is 10.2. The summed E-state index contributed by atoms with van der Waals surface area (Å²) in [6.45, 7) is 0.613. The average Bonchev–Trinajstić information content (AvgIpc) is 2.60. The number of phenolic OH excluding ortho intramolecular Hbond substituents is 2. The third-order valence-electron chi connectivity index (χ3n) is 4.40. The fourth-order valence-corrected chi connectivity index (χ4v) is 3.14. The monoisotopic (exact) mass is 343 g/mol. The fourth-order valence-electron chi connectivity index (χ4n) is 3.14. The van der Waals surface area contributed by atoms with Crippen molar-refractivity contribution in [1.82, 2.24) is 0 Å². The van der Waals surface area contributed by atoms with Crippen LogP contribution in [-0.2, 0) is 17.6 Å². The normalized spacial score (nSPS) is 13.3. The number of anilines is 1. The number of nitrogens with zero attached hydrogens (tertiary/aromatic N) is 1. The Labute approximate surface area is 146 Å². The first-order chi connectivity index (χ1) is 12.0. The Kier molecular flexibility index (Phi) is 4.70. The van der Waals surface area contributed by atoms with Crippen LogP contribution < -0.4 is 14.4 Å². The van der Waals surface area contributed by atoms with Gasteiger partial charge in [0.15, 0.2) is 23.0 Å². The maximum atomic E-state index is 12.8. The summed E-state index contributed by atoms with van der Waals surface area (Å²) >= 11 is 0. The minimum absolute atomic E-state index is 0.0124. The molecule has 1 amide bonds. The van der Waals surface area contributed by atoms with Gasteiger partial charge in [-0.3, -0.25) is 4.79 Å². The van der Waals surface area contributed by atoms with Gasteiger partial charge in [-0.1, -0.05) is 6.07 Å². The van der Waals surface area contributed by atoms with Crippen LogP contribution in [-0.4, -0.2) is 36.9 Å². The molecule has 0 aromatic heterocycles. The van der Waals surface area contributed by atoms with Crippen molar-refractivity contribution in [2.24, 2.45) is 0 Å². The standard InChI is InChI=1S/C19H21NO5/c1-24-17-6-5-12(8-15(17)21)9-19(23)20-7-3-4-13-10-16(22)18(25-2)11-14(13)20/h5-6,8,10-11,21-22H,3-4,7,9H2,1-2H3. The molecule has 1 aliphatic rings. The molecule has 0 bridgehead atoms. The summed E-state index contributed by atoms with van der Waals surface area (Å²) in [6, 6.07) is 8.31. The minimum Gasteiger partial charge on any atom is -0.504 e. The quantitative estimate of drug-likeness (QED) is 0.892. The van der Waals surface area contributed by atoms with Crippen LogP contribution in [0.3, 0.4) is 0 Å². The molecule has 2 aromatic rings. The second kappa shape index (κ2) is 6.93. The lowest BCUT2D eigenvalue weighted by Crippen LogP contribution is -2.36. The Morgan fingerprint density at radius 1 is 1.08 bits per heavy atom. The number of fused-ring (bicyclic) bond motifs is 1. The molecule has 25 heavy (non-hydrogen) atoms. The van der Waals surface area contributed by atoms with E-state index in [-0.39, 0.29) is 23.8 Å². The van der Waals surface area contributed by atoms with Crippen molar-refractivity contribution in [3.63, 3.8) is 0 Å². The van der Waals surface area contributed by atoms with Gasteiger partial charge >= 0.3 is 0 Å². The van der Waals surface area contributed by atoms with Crippen LogP contribution in [0.15, 0.2) is 30.3 Å². The highest BCUT2D eigenvalue weighted by Crippen LogP contribution is 2.37. The summed E-state index contributed by atoms with van der Waals surface area (Å²) in [5.41, 5.74) is 2.40. The third-order valence-corrected chi connectivity index (χ3v) is 4.40. The maximum Gasteiger partial charge on any atom is 0.231 e. The molecule has 2 N–H and O–H groups in total. The number of hydrogen-bond acceptors (Lipinski definition) is 5. The first-order valence-electron chi connectivity index (χ1n) is 8.09. The SMILES string of the molecule is COc1ccc(CC(=O)N2CCCc3cc(O)c(OC)cc32)cc1O. The average molecular weight is 343 g/mol. The van der Waals surface area contributed by atoms with Gasteiger partial charge in [0.1, 0.15) is 0 Å². The molecule has 132 valence electrons. The van der Waals surface area contributed by atoms with E-state index < -0.39 is 0 Å². The molecule has 0 atom stereocenters. The van der Waals surface area contributed by atoms with Crippen LogP contribution in [0.1, 0.15) is 17.5 Å². The van der Waals surface area contributed by atoms with E-state index in [1.807, 2.05) is 0 Å². The number of carbonyl (C=O) groups excluding carboxylic acids is 1. The number of rotatable bonds is 4. The number of amides is 1. The lowest BCUT2D eigenvalue weighted by molar-refractivity contribution is -0.118. The number of aromatic hydroxyl groups is 2. The zero-order valence-electron chi connectivity index (χ0n) is 14.3. The van der Waals surface area contributed by atoms with E-state index in [2.05, 4.69) is 0 Å². The largest absolute Gasteiger partial charge is 0.504 e. The number of ether oxygens (including phenoxy) is 2. The Morgan fingerprint density at radius 2 is 1.80 bits per heavy atom. The Morgan fingerprint density at radius 3 is 2.48 bits per heavy atom. The van der Waals surface area contributed by atoms with Crippen molar-refractivity contribution < 1.29 is 24.5 Å². The van der Waals surface area contributed by atoms with Crippen LogP contribution in [0, 0.1) is 0 Å². The minimum atomic E-state index is -0.0711. The highest BCUT2D eigenvalue weighted by Gasteiger charge is 2.24. The first-order valence-corrected chi connectivity index (χ1v) is 8.09. The summed E-state index contributed by atoms with van der Waals surface area (Å²) in [5.74, 6) is 0.743. The molecule has 2 aromatic carbocycles. The molecule has 6 nitrogen and oxygen atoms in total. The first kappa shape index (κ1) is 17.0. The molecule has 0 fully saturated rings. The van der Waals surface area contributed by atoms with Crippen molar-refractivity contribution in [2.75, 3.05) is 25.7 Å². The van der Waals surface area contributed by atoms with Gasteiger partial charge in [0.25, 0.3) is 0 Å². The number of hydrogen-bond donors (Lipinski definition) is 2. The summed E-state index contributed by atoms with van der Waals surface area (Å²) in [4.78, 5) is 14.5. The Bertz CT molecular complexity index is 803. The van der Waals surface area contributed by atoms with Crippen molar-refractivity contribution in [3.05, 3.63) is 41.5 Å². The van der Waals surface area contributed by atoms with E-state index in [0.29, 0.717) is 23.6 Å². The van der Waals surface area contributed by atoms with Gasteiger partial charge in [-0.2, -0.15) is 0 Å². The molecule has 1 heterocycles. The highest BCUT2D eigenvalue weighted by atomic mass is 16.5. The van der Waals surface area contributed by atoms with E-state index in [1.54, 1.807) is 35.2 Å². The molecule has 0 spiro atoms.